The summed E-state index contributed by atoms with van der Waals surface area (Å²) in [6, 6.07) is 0. The first-order valence-corrected chi connectivity index (χ1v) is 12.9. The van der Waals surface area contributed by atoms with Crippen molar-refractivity contribution in [2.75, 3.05) is 0 Å². The van der Waals surface area contributed by atoms with Crippen LogP contribution in [0, 0.1) is 46.3 Å². The topological polar surface area (TPSA) is 49.7 Å². The Morgan fingerprint density at radius 1 is 1.17 bits per heavy atom. The van der Waals surface area contributed by atoms with E-state index in [1.165, 1.54) is 37.7 Å². The van der Waals surface area contributed by atoms with E-state index >= 15 is 0 Å². The van der Waals surface area contributed by atoms with Gasteiger partial charge in [-0.15, -0.1) is 0 Å². The van der Waals surface area contributed by atoms with Crippen molar-refractivity contribution in [3.8, 4) is 0 Å². The van der Waals surface area contributed by atoms with Gasteiger partial charge in [0.1, 0.15) is 0 Å². The fourth-order valence-corrected chi connectivity index (χ4v) is 9.22. The number of hydrogen-bond donors (Lipinski definition) is 2. The summed E-state index contributed by atoms with van der Waals surface area (Å²) in [4.78, 5) is 0. The zero-order valence-electron chi connectivity index (χ0n) is 19.8. The maximum atomic E-state index is 11.1. The maximum absolute atomic E-state index is 11.1. The van der Waals surface area contributed by atoms with E-state index in [4.69, 9.17) is 4.74 Å². The van der Waals surface area contributed by atoms with Gasteiger partial charge in [0.15, 0.2) is 0 Å². The van der Waals surface area contributed by atoms with Gasteiger partial charge < -0.3 is 14.9 Å². The fraction of sp³-hybridized carbons (Fsp3) is 0.926. The highest BCUT2D eigenvalue weighted by molar-refractivity contribution is 5.28. The summed E-state index contributed by atoms with van der Waals surface area (Å²) in [5.74, 6) is 4.07. The number of fused-ring (bicyclic) bond motifs is 7. The van der Waals surface area contributed by atoms with Gasteiger partial charge in [0.05, 0.1) is 24.4 Å². The first-order valence-electron chi connectivity index (χ1n) is 12.9. The van der Waals surface area contributed by atoms with Crippen LogP contribution < -0.4 is 0 Å². The van der Waals surface area contributed by atoms with Crippen molar-refractivity contribution in [3.63, 3.8) is 0 Å². The van der Waals surface area contributed by atoms with Gasteiger partial charge in [-0.3, -0.25) is 0 Å². The van der Waals surface area contributed by atoms with Crippen LogP contribution in [-0.4, -0.2) is 34.6 Å². The van der Waals surface area contributed by atoms with Crippen molar-refractivity contribution in [2.24, 2.45) is 46.3 Å². The molecule has 4 fully saturated rings. The van der Waals surface area contributed by atoms with E-state index in [-0.39, 0.29) is 11.5 Å². The van der Waals surface area contributed by atoms with Crippen LogP contribution >= 0.6 is 0 Å². The first kappa shape index (κ1) is 21.5. The molecule has 1 heterocycles. The van der Waals surface area contributed by atoms with Crippen molar-refractivity contribution >= 4 is 0 Å². The Hall–Kier alpha value is -0.380. The van der Waals surface area contributed by atoms with Crippen LogP contribution in [0.25, 0.3) is 0 Å². The van der Waals surface area contributed by atoms with E-state index in [9.17, 15) is 10.2 Å². The molecule has 0 amide bonds. The second kappa shape index (κ2) is 7.32. The molecule has 2 N–H and O–H groups in total. The Morgan fingerprint density at radius 2 is 1.93 bits per heavy atom. The monoisotopic (exact) mass is 416 g/mol. The molecule has 11 atom stereocenters. The van der Waals surface area contributed by atoms with Crippen LogP contribution in [0.2, 0.25) is 0 Å². The van der Waals surface area contributed by atoms with Gasteiger partial charge in [-0.25, -0.2) is 0 Å². The van der Waals surface area contributed by atoms with Gasteiger partial charge >= 0.3 is 0 Å². The first-order chi connectivity index (χ1) is 14.2. The lowest BCUT2D eigenvalue weighted by Gasteiger charge is -2.59. The summed E-state index contributed by atoms with van der Waals surface area (Å²) in [6.45, 7) is 12.0. The highest BCUT2D eigenvalue weighted by atomic mass is 16.5. The fourth-order valence-electron chi connectivity index (χ4n) is 9.22. The molecule has 1 saturated heterocycles. The predicted octanol–water partition coefficient (Wildman–Crippen LogP) is 5.35. The molecule has 0 spiro atoms. The normalized spacial score (nSPS) is 54.9. The molecule has 3 heteroatoms. The standard InChI is InChI=1S/C27H44O3/c1-15(2)6-9-22-16(3)25-23(30-22)14-21-19-8-7-17-12-18(28)13-24(29)27(17,5)20(19)10-11-26(21,25)4/h7,15-16,18-25,28-29H,6,8-14H2,1-5H3/t16-,18+,19+,20-,21-,22-,23+,24-,25+,26+,27+/m1/s1. The van der Waals surface area contributed by atoms with E-state index in [2.05, 4.69) is 40.7 Å². The van der Waals surface area contributed by atoms with Crippen LogP contribution in [0.4, 0.5) is 0 Å². The van der Waals surface area contributed by atoms with Gasteiger partial charge in [-0.2, -0.15) is 0 Å². The Morgan fingerprint density at radius 3 is 2.67 bits per heavy atom. The van der Waals surface area contributed by atoms with Crippen LogP contribution in [0.15, 0.2) is 11.6 Å². The minimum absolute atomic E-state index is 0.131. The lowest BCUT2D eigenvalue weighted by Crippen LogP contribution is -2.55. The SMILES string of the molecule is CC(C)CC[C@H]1O[C@H]2C[C@@H]3[C@H]4CC=C5C[C@H](O)C[C@@H](O)[C@]5(C)[C@@H]4CC[C@]3(C)[C@H]2[C@@H]1C. The zero-order chi connectivity index (χ0) is 21.4. The number of rotatable bonds is 3. The second-order valence-electron chi connectivity index (χ2n) is 12.6. The largest absolute Gasteiger partial charge is 0.393 e. The van der Waals surface area contributed by atoms with E-state index in [0.717, 1.165) is 18.8 Å². The van der Waals surface area contributed by atoms with Crippen LogP contribution in [0.5, 0.6) is 0 Å². The van der Waals surface area contributed by atoms with Crippen LogP contribution in [-0.2, 0) is 4.74 Å². The highest BCUT2D eigenvalue weighted by Gasteiger charge is 2.65. The lowest BCUT2D eigenvalue weighted by atomic mass is 9.46. The average Bonchev–Trinajstić information content (AvgIpc) is 3.15. The molecule has 4 aliphatic carbocycles. The Bertz CT molecular complexity index is 700. The van der Waals surface area contributed by atoms with Gasteiger partial charge in [0, 0.05) is 11.8 Å². The Kier molecular flexibility index (Phi) is 5.24. The third-order valence-electron chi connectivity index (χ3n) is 10.8. The van der Waals surface area contributed by atoms with Gasteiger partial charge in [0.2, 0.25) is 0 Å². The molecule has 5 rings (SSSR count). The molecule has 30 heavy (non-hydrogen) atoms. The molecule has 3 nitrogen and oxygen atoms in total. The minimum atomic E-state index is -0.402. The molecular formula is C27H44O3. The van der Waals surface area contributed by atoms with Crippen molar-refractivity contribution in [3.05, 3.63) is 11.6 Å². The molecule has 1 aliphatic heterocycles. The van der Waals surface area contributed by atoms with E-state index in [1.54, 1.807) is 0 Å². The molecule has 0 unspecified atom stereocenters. The highest BCUT2D eigenvalue weighted by Crippen LogP contribution is 2.69. The molecular weight excluding hydrogens is 372 g/mol. The quantitative estimate of drug-likeness (QED) is 0.610. The van der Waals surface area contributed by atoms with Crippen molar-refractivity contribution in [1.29, 1.82) is 0 Å². The second-order valence-corrected chi connectivity index (χ2v) is 12.6. The third-order valence-corrected chi connectivity index (χ3v) is 10.8. The summed E-state index contributed by atoms with van der Waals surface area (Å²) < 4.78 is 6.75. The summed E-state index contributed by atoms with van der Waals surface area (Å²) >= 11 is 0. The Balaban J connectivity index is 1.39. The summed E-state index contributed by atoms with van der Waals surface area (Å²) in [5, 5.41) is 21.3. The summed E-state index contributed by atoms with van der Waals surface area (Å²) in [7, 11) is 0. The van der Waals surface area contributed by atoms with Gasteiger partial charge in [-0.05, 0) is 85.9 Å². The minimum Gasteiger partial charge on any atom is -0.393 e. The van der Waals surface area contributed by atoms with Crippen molar-refractivity contribution in [1.82, 2.24) is 0 Å². The summed E-state index contributed by atoms with van der Waals surface area (Å²) in [5.41, 5.74) is 1.60. The molecule has 0 aromatic heterocycles. The smallest absolute Gasteiger partial charge is 0.0658 e. The number of aliphatic hydroxyl groups excluding tert-OH is 2. The molecule has 0 aromatic rings. The lowest BCUT2D eigenvalue weighted by molar-refractivity contribution is -0.108. The van der Waals surface area contributed by atoms with Crippen molar-refractivity contribution < 1.29 is 14.9 Å². The van der Waals surface area contributed by atoms with Gasteiger partial charge in [0.25, 0.3) is 0 Å². The number of aliphatic hydroxyl groups is 2. The van der Waals surface area contributed by atoms with E-state index in [0.29, 0.717) is 53.6 Å². The third kappa shape index (κ3) is 2.94. The number of allylic oxidation sites excluding steroid dienone is 1. The number of ether oxygens (including phenoxy) is 1. The van der Waals surface area contributed by atoms with E-state index < -0.39 is 6.10 Å². The van der Waals surface area contributed by atoms with Crippen molar-refractivity contribution in [2.45, 2.75) is 110 Å². The predicted molar refractivity (Wildman–Crippen MR) is 120 cm³/mol. The van der Waals surface area contributed by atoms with Gasteiger partial charge in [-0.1, -0.05) is 46.3 Å². The number of hydrogen-bond acceptors (Lipinski definition) is 3. The van der Waals surface area contributed by atoms with E-state index in [1.807, 2.05) is 0 Å². The Labute approximate surface area is 183 Å². The van der Waals surface area contributed by atoms with Crippen LogP contribution in [0.3, 0.4) is 0 Å². The zero-order valence-corrected chi connectivity index (χ0v) is 19.8. The molecule has 0 radical (unpaired) electrons. The summed E-state index contributed by atoms with van der Waals surface area (Å²) in [6.07, 6.45) is 11.2. The molecule has 0 bridgehead atoms. The molecule has 0 aromatic carbocycles. The van der Waals surface area contributed by atoms with Crippen LogP contribution in [0.1, 0.15) is 86.0 Å². The average molecular weight is 417 g/mol. The maximum Gasteiger partial charge on any atom is 0.0658 e. The molecule has 5 aliphatic rings. The molecule has 3 saturated carbocycles. The molecule has 170 valence electrons.